The third kappa shape index (κ3) is 6.44. The Morgan fingerprint density at radius 3 is 1.76 bits per heavy atom. The molecule has 1 N–H and O–H groups in total. The lowest BCUT2D eigenvalue weighted by Crippen LogP contribution is -2.22. The summed E-state index contributed by atoms with van der Waals surface area (Å²) in [6, 6.07) is 18.2. The fraction of sp³-hybridized carbons (Fsp3) is 0.278. The molecule has 0 saturated carbocycles. The Balaban J connectivity index is 2.08. The molecule has 1 unspecified atom stereocenters. The van der Waals surface area contributed by atoms with E-state index in [-0.39, 0.29) is 19.6 Å². The molecule has 0 amide bonds. The van der Waals surface area contributed by atoms with E-state index in [4.69, 9.17) is 18.7 Å². The van der Waals surface area contributed by atoms with E-state index in [0.29, 0.717) is 0 Å². The Kier molecular flexibility index (Phi) is 7.34. The summed E-state index contributed by atoms with van der Waals surface area (Å²) in [5, 5.41) is 9.15. The highest BCUT2D eigenvalue weighted by molar-refractivity contribution is 7.48. The van der Waals surface area contributed by atoms with Crippen molar-refractivity contribution in [3.63, 3.8) is 0 Å². The first kappa shape index (κ1) is 19.3. The van der Waals surface area contributed by atoms with Gasteiger partial charge in [-0.05, 0) is 17.5 Å². The Morgan fingerprint density at radius 1 is 0.960 bits per heavy atom. The molecule has 0 fully saturated rings. The Labute approximate surface area is 147 Å². The lowest BCUT2D eigenvalue weighted by molar-refractivity contribution is -0.146. The molecule has 0 saturated heterocycles. The third-order valence-electron chi connectivity index (χ3n) is 3.37. The summed E-state index contributed by atoms with van der Waals surface area (Å²) in [4.78, 5) is 11.2. The Morgan fingerprint density at radius 2 is 1.40 bits per heavy atom. The second kappa shape index (κ2) is 9.49. The molecule has 0 aliphatic carbocycles. The largest absolute Gasteiger partial charge is 0.479 e. The van der Waals surface area contributed by atoms with Gasteiger partial charge in [-0.15, -0.1) is 0 Å². The molecule has 2 aromatic carbocycles. The molecule has 0 spiro atoms. The van der Waals surface area contributed by atoms with Crippen molar-refractivity contribution in [3.8, 4) is 0 Å². The fourth-order valence-electron chi connectivity index (χ4n) is 2.00. The second-order valence-corrected chi connectivity index (χ2v) is 6.93. The summed E-state index contributed by atoms with van der Waals surface area (Å²) in [5.74, 6) is -1.21. The molecular weight excluding hydrogens is 343 g/mol. The molecule has 0 aliphatic heterocycles. The van der Waals surface area contributed by atoms with Crippen LogP contribution in [0.1, 0.15) is 24.5 Å². The molecule has 2 aromatic rings. The summed E-state index contributed by atoms with van der Waals surface area (Å²) in [6.07, 6.45) is -1.12. The van der Waals surface area contributed by atoms with E-state index >= 15 is 0 Å². The van der Waals surface area contributed by atoms with Gasteiger partial charge in [0.25, 0.3) is 0 Å². The number of rotatable bonds is 10. The summed E-state index contributed by atoms with van der Waals surface area (Å²) in [5.41, 5.74) is 1.55. The third-order valence-corrected chi connectivity index (χ3v) is 4.77. The van der Waals surface area contributed by atoms with Gasteiger partial charge in [0.2, 0.25) is 0 Å². The topological polar surface area (TPSA) is 82.1 Å². The average molecular weight is 364 g/mol. The first-order chi connectivity index (χ1) is 12.0. The van der Waals surface area contributed by atoms with Crippen molar-refractivity contribution in [2.45, 2.75) is 32.7 Å². The van der Waals surface area contributed by atoms with Crippen LogP contribution in [0.2, 0.25) is 0 Å². The molecule has 0 bridgehead atoms. The zero-order chi connectivity index (χ0) is 18.1. The average Bonchev–Trinajstić information content (AvgIpc) is 2.64. The van der Waals surface area contributed by atoms with Crippen LogP contribution >= 0.6 is 7.82 Å². The molecule has 2 rings (SSSR count). The fourth-order valence-corrected chi connectivity index (χ4v) is 3.37. The van der Waals surface area contributed by atoms with Crippen LogP contribution in [-0.2, 0) is 36.1 Å². The predicted molar refractivity (Wildman–Crippen MR) is 92.9 cm³/mol. The number of hydrogen-bond acceptors (Lipinski definition) is 5. The van der Waals surface area contributed by atoms with Crippen LogP contribution in [0.15, 0.2) is 60.7 Å². The molecule has 6 nitrogen and oxygen atoms in total. The molecule has 1 atom stereocenters. The van der Waals surface area contributed by atoms with Crippen molar-refractivity contribution in [2.75, 3.05) is 0 Å². The SMILES string of the molecule is CCC(OP(=O)(OCc1ccccc1)OCc1ccccc1)C(=O)O. The number of phosphoric acid groups is 1. The van der Waals surface area contributed by atoms with Gasteiger partial charge in [0.15, 0.2) is 6.10 Å². The minimum absolute atomic E-state index is 0.0110. The van der Waals surface area contributed by atoms with Gasteiger partial charge >= 0.3 is 13.8 Å². The minimum atomic E-state index is -4.06. The van der Waals surface area contributed by atoms with Gasteiger partial charge in [-0.2, -0.15) is 0 Å². The van der Waals surface area contributed by atoms with Gasteiger partial charge in [0.05, 0.1) is 13.2 Å². The minimum Gasteiger partial charge on any atom is -0.479 e. The van der Waals surface area contributed by atoms with E-state index in [1.54, 1.807) is 31.2 Å². The molecular formula is C18H21O6P. The summed E-state index contributed by atoms with van der Waals surface area (Å²) >= 11 is 0. The van der Waals surface area contributed by atoms with Gasteiger partial charge in [-0.3, -0.25) is 13.6 Å². The molecule has 7 heteroatoms. The first-order valence-electron chi connectivity index (χ1n) is 7.90. The van der Waals surface area contributed by atoms with Crippen LogP contribution < -0.4 is 0 Å². The van der Waals surface area contributed by atoms with E-state index in [1.807, 2.05) is 36.4 Å². The number of carbonyl (C=O) groups is 1. The maximum absolute atomic E-state index is 12.9. The molecule has 0 aliphatic rings. The van der Waals surface area contributed by atoms with Crippen LogP contribution in [0.4, 0.5) is 0 Å². The van der Waals surface area contributed by atoms with Crippen molar-refractivity contribution >= 4 is 13.8 Å². The normalized spacial score (nSPS) is 12.7. The van der Waals surface area contributed by atoms with Gasteiger partial charge in [-0.25, -0.2) is 9.36 Å². The monoisotopic (exact) mass is 364 g/mol. The van der Waals surface area contributed by atoms with Crippen LogP contribution in [0, 0.1) is 0 Å². The van der Waals surface area contributed by atoms with Crippen LogP contribution in [0.25, 0.3) is 0 Å². The van der Waals surface area contributed by atoms with E-state index < -0.39 is 19.9 Å². The zero-order valence-electron chi connectivity index (χ0n) is 13.9. The van der Waals surface area contributed by atoms with Crippen molar-refractivity contribution in [3.05, 3.63) is 71.8 Å². The van der Waals surface area contributed by atoms with Gasteiger partial charge < -0.3 is 5.11 Å². The van der Waals surface area contributed by atoms with Crippen molar-refractivity contribution in [1.82, 2.24) is 0 Å². The van der Waals surface area contributed by atoms with E-state index in [2.05, 4.69) is 0 Å². The quantitative estimate of drug-likeness (QED) is 0.629. The lowest BCUT2D eigenvalue weighted by Gasteiger charge is -2.21. The second-order valence-electron chi connectivity index (χ2n) is 5.31. The smallest absolute Gasteiger partial charge is 0.476 e. The Bertz CT molecular complexity index is 657. The Hall–Kier alpha value is -1.98. The van der Waals surface area contributed by atoms with Crippen LogP contribution in [0.5, 0.6) is 0 Å². The predicted octanol–water partition coefficient (Wildman–Crippen LogP) is 4.41. The summed E-state index contributed by atoms with van der Waals surface area (Å²) < 4.78 is 28.8. The van der Waals surface area contributed by atoms with Crippen LogP contribution in [0.3, 0.4) is 0 Å². The van der Waals surface area contributed by atoms with E-state index in [0.717, 1.165) is 11.1 Å². The maximum Gasteiger partial charge on any atom is 0.476 e. The highest BCUT2D eigenvalue weighted by Gasteiger charge is 2.33. The highest BCUT2D eigenvalue weighted by atomic mass is 31.2. The highest BCUT2D eigenvalue weighted by Crippen LogP contribution is 2.52. The molecule has 0 aromatic heterocycles. The number of aliphatic carboxylic acids is 1. The molecule has 0 radical (unpaired) electrons. The zero-order valence-corrected chi connectivity index (χ0v) is 14.8. The van der Waals surface area contributed by atoms with Crippen molar-refractivity contribution in [1.29, 1.82) is 0 Å². The molecule has 25 heavy (non-hydrogen) atoms. The van der Waals surface area contributed by atoms with Gasteiger partial charge in [0, 0.05) is 0 Å². The maximum atomic E-state index is 12.9. The first-order valence-corrected chi connectivity index (χ1v) is 9.36. The standard InChI is InChI=1S/C18H21O6P/c1-2-17(18(19)20)24-25(21,22-13-15-9-5-3-6-10-15)23-14-16-11-7-4-8-12-16/h3-12,17H,2,13-14H2,1H3,(H,19,20). The summed E-state index contributed by atoms with van der Waals surface area (Å²) in [7, 11) is -4.06. The van der Waals surface area contributed by atoms with E-state index in [1.165, 1.54) is 0 Å². The van der Waals surface area contributed by atoms with Gasteiger partial charge in [0.1, 0.15) is 0 Å². The van der Waals surface area contributed by atoms with E-state index in [9.17, 15) is 9.36 Å². The van der Waals surface area contributed by atoms with Crippen LogP contribution in [-0.4, -0.2) is 17.2 Å². The number of carboxylic acids is 1. The number of benzene rings is 2. The molecule has 134 valence electrons. The van der Waals surface area contributed by atoms with Gasteiger partial charge in [-0.1, -0.05) is 67.6 Å². The van der Waals surface area contributed by atoms with Crippen molar-refractivity contribution in [2.24, 2.45) is 0 Å². The number of hydrogen-bond donors (Lipinski definition) is 1. The number of phosphoric ester groups is 1. The molecule has 0 heterocycles. The summed E-state index contributed by atoms with van der Waals surface area (Å²) in [6.45, 7) is 1.60. The number of carboxylic acid groups (broad SMARTS) is 1. The lowest BCUT2D eigenvalue weighted by atomic mass is 10.2. The van der Waals surface area contributed by atoms with Crippen molar-refractivity contribution < 1.29 is 28.0 Å².